The third kappa shape index (κ3) is 5.90. The van der Waals surface area contributed by atoms with Gasteiger partial charge in [0.25, 0.3) is 0 Å². The molecule has 6 heteroatoms. The van der Waals surface area contributed by atoms with Crippen LogP contribution in [0.3, 0.4) is 0 Å². The predicted molar refractivity (Wildman–Crippen MR) is 115 cm³/mol. The number of halogens is 1. The third-order valence-electron chi connectivity index (χ3n) is 4.34. The lowest BCUT2D eigenvalue weighted by atomic mass is 9.84. The molecule has 0 amide bonds. The van der Waals surface area contributed by atoms with Gasteiger partial charge in [-0.25, -0.2) is 9.59 Å². The summed E-state index contributed by atoms with van der Waals surface area (Å²) < 4.78 is 1.32. The van der Waals surface area contributed by atoms with Crippen LogP contribution >= 0.6 is 22.6 Å². The van der Waals surface area contributed by atoms with Crippen molar-refractivity contribution in [2.45, 2.75) is 18.8 Å². The summed E-state index contributed by atoms with van der Waals surface area (Å²) in [7, 11) is 2.03. The first kappa shape index (κ1) is 21.1. The first-order valence-electron chi connectivity index (χ1n) is 8.61. The van der Waals surface area contributed by atoms with Crippen LogP contribution in [0.15, 0.2) is 42.5 Å². The van der Waals surface area contributed by atoms with Crippen molar-refractivity contribution in [3.63, 3.8) is 0 Å². The Kier molecular flexibility index (Phi) is 7.99. The minimum atomic E-state index is -1.82. The lowest BCUT2D eigenvalue weighted by Gasteiger charge is -2.20. The summed E-state index contributed by atoms with van der Waals surface area (Å²) in [5.41, 5.74) is 5.66. The molecule has 0 heterocycles. The molecule has 27 heavy (non-hydrogen) atoms. The van der Waals surface area contributed by atoms with Crippen molar-refractivity contribution in [2.75, 3.05) is 13.6 Å². The zero-order valence-electron chi connectivity index (χ0n) is 15.0. The normalized spacial score (nSPS) is 14.2. The lowest BCUT2D eigenvalue weighted by molar-refractivity contribution is -0.159. The maximum Gasteiger partial charge on any atom is 0.414 e. The Bertz CT molecular complexity index is 836. The van der Waals surface area contributed by atoms with E-state index in [1.165, 1.54) is 38.7 Å². The van der Waals surface area contributed by atoms with E-state index in [2.05, 4.69) is 82.5 Å². The molecule has 0 aliphatic heterocycles. The monoisotopic (exact) mass is 479 g/mol. The Morgan fingerprint density at radius 2 is 1.63 bits per heavy atom. The van der Waals surface area contributed by atoms with Crippen molar-refractivity contribution < 1.29 is 19.8 Å². The van der Waals surface area contributed by atoms with Crippen LogP contribution < -0.4 is 5.32 Å². The fraction of sp³-hybridized carbons (Fsp3) is 0.238. The largest absolute Gasteiger partial charge is 0.473 e. The summed E-state index contributed by atoms with van der Waals surface area (Å²) in [6.45, 7) is 1.07. The molecule has 3 N–H and O–H groups in total. The average Bonchev–Trinajstić information content (AvgIpc) is 2.79. The van der Waals surface area contributed by atoms with Crippen LogP contribution in [-0.2, 0) is 9.59 Å². The molecule has 0 saturated heterocycles. The van der Waals surface area contributed by atoms with E-state index in [4.69, 9.17) is 19.8 Å². The van der Waals surface area contributed by atoms with Gasteiger partial charge in [-0.3, -0.25) is 0 Å². The fourth-order valence-electron chi connectivity index (χ4n) is 3.12. The minimum Gasteiger partial charge on any atom is -0.473 e. The molecule has 0 bridgehead atoms. The van der Waals surface area contributed by atoms with Crippen LogP contribution in [0.4, 0.5) is 0 Å². The van der Waals surface area contributed by atoms with E-state index >= 15 is 0 Å². The van der Waals surface area contributed by atoms with Crippen LogP contribution in [0.25, 0.3) is 12.2 Å². The number of fused-ring (bicyclic) bond motifs is 2. The highest BCUT2D eigenvalue weighted by Gasteiger charge is 2.21. The molecule has 1 aliphatic carbocycles. The number of benzene rings is 2. The van der Waals surface area contributed by atoms with Crippen LogP contribution in [-0.4, -0.2) is 35.7 Å². The number of carboxylic acids is 2. The summed E-state index contributed by atoms with van der Waals surface area (Å²) >= 11 is 2.42. The van der Waals surface area contributed by atoms with Crippen molar-refractivity contribution >= 4 is 46.7 Å². The highest BCUT2D eigenvalue weighted by molar-refractivity contribution is 14.1. The lowest BCUT2D eigenvalue weighted by Crippen LogP contribution is -2.11. The molecule has 1 aliphatic rings. The Morgan fingerprint density at radius 3 is 2.26 bits per heavy atom. The SMILES string of the molecule is CNCCCC1c2ccccc2C=Cc2ccc(I)cc21.O=C(O)C(=O)O. The molecule has 0 spiro atoms. The summed E-state index contributed by atoms with van der Waals surface area (Å²) in [5, 5.41) is 18.0. The summed E-state index contributed by atoms with van der Waals surface area (Å²) in [5.74, 6) is -3.15. The number of carboxylic acid groups (broad SMARTS) is 2. The topological polar surface area (TPSA) is 86.6 Å². The van der Waals surface area contributed by atoms with Crippen molar-refractivity contribution in [3.05, 3.63) is 68.3 Å². The van der Waals surface area contributed by atoms with Gasteiger partial charge in [0.05, 0.1) is 0 Å². The van der Waals surface area contributed by atoms with E-state index in [0.29, 0.717) is 5.92 Å². The summed E-state index contributed by atoms with van der Waals surface area (Å²) in [6.07, 6.45) is 6.91. The molecule has 0 fully saturated rings. The molecule has 2 aromatic carbocycles. The van der Waals surface area contributed by atoms with Gasteiger partial charge in [-0.15, -0.1) is 0 Å². The Balaban J connectivity index is 0.000000380. The molecule has 1 atom stereocenters. The van der Waals surface area contributed by atoms with E-state index in [-0.39, 0.29) is 0 Å². The first-order valence-corrected chi connectivity index (χ1v) is 9.69. The van der Waals surface area contributed by atoms with Gasteiger partial charge in [0.2, 0.25) is 0 Å². The third-order valence-corrected chi connectivity index (χ3v) is 5.01. The van der Waals surface area contributed by atoms with Crippen LogP contribution in [0, 0.1) is 3.57 Å². The molecule has 0 aromatic heterocycles. The van der Waals surface area contributed by atoms with Crippen molar-refractivity contribution in [1.82, 2.24) is 5.32 Å². The standard InChI is InChI=1S/C19H20IN.C2H2O4/c1-21-12-4-7-18-17-6-3-2-5-14(17)8-9-15-10-11-16(20)13-19(15)18;3-1(4)2(5)6/h2-3,5-6,8-11,13,18,21H,4,7,12H2,1H3;(H,3,4)(H,5,6). The van der Waals surface area contributed by atoms with Crippen molar-refractivity contribution in [2.24, 2.45) is 0 Å². The maximum absolute atomic E-state index is 9.10. The van der Waals surface area contributed by atoms with Crippen molar-refractivity contribution in [1.29, 1.82) is 0 Å². The zero-order valence-corrected chi connectivity index (χ0v) is 17.1. The number of hydrogen-bond acceptors (Lipinski definition) is 3. The second-order valence-corrected chi connectivity index (χ2v) is 7.39. The number of hydrogen-bond donors (Lipinski definition) is 3. The fourth-order valence-corrected chi connectivity index (χ4v) is 3.64. The highest BCUT2D eigenvalue weighted by Crippen LogP contribution is 2.37. The Morgan fingerprint density at radius 1 is 1.00 bits per heavy atom. The first-order chi connectivity index (χ1) is 12.9. The van der Waals surface area contributed by atoms with Crippen molar-refractivity contribution in [3.8, 4) is 0 Å². The minimum absolute atomic E-state index is 0.495. The highest BCUT2D eigenvalue weighted by atomic mass is 127. The van der Waals surface area contributed by atoms with Crippen LogP contribution in [0.1, 0.15) is 41.0 Å². The van der Waals surface area contributed by atoms with Gasteiger partial charge in [-0.1, -0.05) is 42.5 Å². The van der Waals surface area contributed by atoms with Gasteiger partial charge in [0.15, 0.2) is 0 Å². The molecule has 0 saturated carbocycles. The molecule has 142 valence electrons. The molecule has 5 nitrogen and oxygen atoms in total. The molecule has 3 rings (SSSR count). The number of aliphatic carboxylic acids is 2. The van der Waals surface area contributed by atoms with E-state index in [1.54, 1.807) is 0 Å². The van der Waals surface area contributed by atoms with E-state index in [1.807, 2.05) is 7.05 Å². The second-order valence-electron chi connectivity index (χ2n) is 6.14. The quantitative estimate of drug-likeness (QED) is 0.350. The second kappa shape index (κ2) is 10.2. The van der Waals surface area contributed by atoms with Gasteiger partial charge in [-0.05, 0) is 83.4 Å². The van der Waals surface area contributed by atoms with Gasteiger partial charge in [-0.2, -0.15) is 0 Å². The molecule has 2 aromatic rings. The van der Waals surface area contributed by atoms with Gasteiger partial charge in [0, 0.05) is 9.49 Å². The molecule has 1 unspecified atom stereocenters. The van der Waals surface area contributed by atoms with Gasteiger partial charge >= 0.3 is 11.9 Å². The zero-order chi connectivity index (χ0) is 19.8. The number of rotatable bonds is 4. The molecular weight excluding hydrogens is 457 g/mol. The predicted octanol–water partition coefficient (Wildman–Crippen LogP) is 4.06. The Labute approximate surface area is 172 Å². The summed E-state index contributed by atoms with van der Waals surface area (Å²) in [4.78, 5) is 18.2. The van der Waals surface area contributed by atoms with Crippen LogP contribution in [0.5, 0.6) is 0 Å². The van der Waals surface area contributed by atoms with Crippen LogP contribution in [0.2, 0.25) is 0 Å². The van der Waals surface area contributed by atoms with E-state index in [9.17, 15) is 0 Å². The number of nitrogens with one attached hydrogen (secondary N) is 1. The molecular formula is C21H22INO4. The van der Waals surface area contributed by atoms with Gasteiger partial charge < -0.3 is 15.5 Å². The van der Waals surface area contributed by atoms with Gasteiger partial charge in [0.1, 0.15) is 0 Å². The smallest absolute Gasteiger partial charge is 0.414 e. The Hall–Kier alpha value is -2.19. The number of carbonyl (C=O) groups is 2. The maximum atomic E-state index is 9.10. The van der Waals surface area contributed by atoms with E-state index < -0.39 is 11.9 Å². The molecule has 0 radical (unpaired) electrons. The van der Waals surface area contributed by atoms with E-state index in [0.717, 1.165) is 6.54 Å². The summed E-state index contributed by atoms with van der Waals surface area (Å²) in [6, 6.07) is 15.6. The average molecular weight is 479 g/mol.